The smallest absolute Gasteiger partial charge is 0.227 e. The zero-order valence-electron chi connectivity index (χ0n) is 22.0. The van der Waals surface area contributed by atoms with Gasteiger partial charge in [-0.25, -0.2) is 14.4 Å². The summed E-state index contributed by atoms with van der Waals surface area (Å²) in [6.45, 7) is 7.74. The third kappa shape index (κ3) is 5.38. The predicted molar refractivity (Wildman–Crippen MR) is 150 cm³/mol. The first-order chi connectivity index (χ1) is 18.4. The fourth-order valence-electron chi connectivity index (χ4n) is 4.61. The Bertz CT molecular complexity index is 1440. The SMILES string of the molecule is COc1ccc(F)cc1-c1c(CO)sc2cnc(Nc3ccc(N4CCN(C)CC4)cc3OC(C)C)nc12. The highest BCUT2D eigenvalue weighted by Crippen LogP contribution is 2.42. The fourth-order valence-corrected chi connectivity index (χ4v) is 5.60. The number of halogens is 1. The Kier molecular flexibility index (Phi) is 7.64. The van der Waals surface area contributed by atoms with Gasteiger partial charge in [-0.05, 0) is 51.2 Å². The summed E-state index contributed by atoms with van der Waals surface area (Å²) in [4.78, 5) is 14.7. The molecule has 0 amide bonds. The van der Waals surface area contributed by atoms with E-state index >= 15 is 0 Å². The summed E-state index contributed by atoms with van der Waals surface area (Å²) >= 11 is 1.37. The van der Waals surface area contributed by atoms with E-state index in [1.807, 2.05) is 19.9 Å². The van der Waals surface area contributed by atoms with Crippen molar-refractivity contribution < 1.29 is 19.0 Å². The number of thiophene rings is 1. The second-order valence-electron chi connectivity index (χ2n) is 9.57. The molecule has 38 heavy (non-hydrogen) atoms. The minimum Gasteiger partial charge on any atom is -0.496 e. The van der Waals surface area contributed by atoms with Gasteiger partial charge in [-0.15, -0.1) is 11.3 Å². The Labute approximate surface area is 225 Å². The molecule has 1 aliphatic heterocycles. The number of aliphatic hydroxyl groups excluding tert-OH is 1. The van der Waals surface area contributed by atoms with Crippen molar-refractivity contribution in [1.29, 1.82) is 0 Å². The van der Waals surface area contributed by atoms with E-state index in [1.54, 1.807) is 12.3 Å². The summed E-state index contributed by atoms with van der Waals surface area (Å²) in [7, 11) is 3.68. The number of aliphatic hydroxyl groups is 1. The van der Waals surface area contributed by atoms with Crippen LogP contribution in [0.4, 0.5) is 21.7 Å². The molecule has 0 atom stereocenters. The molecule has 2 N–H and O–H groups in total. The van der Waals surface area contributed by atoms with Crippen molar-refractivity contribution in [1.82, 2.24) is 14.9 Å². The van der Waals surface area contributed by atoms with Crippen LogP contribution < -0.4 is 19.7 Å². The number of hydrogen-bond acceptors (Lipinski definition) is 9. The van der Waals surface area contributed by atoms with Crippen molar-refractivity contribution in [2.45, 2.75) is 26.6 Å². The van der Waals surface area contributed by atoms with Crippen molar-refractivity contribution in [3.8, 4) is 22.6 Å². The quantitative estimate of drug-likeness (QED) is 0.314. The van der Waals surface area contributed by atoms with Crippen molar-refractivity contribution in [3.63, 3.8) is 0 Å². The highest BCUT2D eigenvalue weighted by molar-refractivity contribution is 7.19. The van der Waals surface area contributed by atoms with E-state index in [-0.39, 0.29) is 12.7 Å². The van der Waals surface area contributed by atoms with Gasteiger partial charge in [-0.2, -0.15) is 0 Å². The normalized spacial score (nSPS) is 14.3. The molecule has 0 unspecified atom stereocenters. The summed E-state index contributed by atoms with van der Waals surface area (Å²) in [5.41, 5.74) is 3.65. The number of nitrogens with zero attached hydrogens (tertiary/aromatic N) is 4. The van der Waals surface area contributed by atoms with Crippen LogP contribution in [0.2, 0.25) is 0 Å². The summed E-state index contributed by atoms with van der Waals surface area (Å²) in [6, 6.07) is 10.5. The van der Waals surface area contributed by atoms with Gasteiger partial charge in [0.2, 0.25) is 5.95 Å². The molecule has 0 saturated carbocycles. The summed E-state index contributed by atoms with van der Waals surface area (Å²) in [5.74, 6) is 1.19. The average molecular weight is 538 g/mol. The highest BCUT2D eigenvalue weighted by Gasteiger charge is 2.21. The molecule has 1 saturated heterocycles. The number of anilines is 3. The maximum absolute atomic E-state index is 14.2. The molecule has 2 aromatic heterocycles. The van der Waals surface area contributed by atoms with Gasteiger partial charge in [0.1, 0.15) is 17.3 Å². The van der Waals surface area contributed by atoms with Crippen molar-refractivity contribution in [2.75, 3.05) is 50.6 Å². The number of likely N-dealkylation sites (N-methyl/N-ethyl adjacent to an activating group) is 1. The standard InChI is InChI=1S/C28H32FN5O3S/c1-17(2)37-23-14-19(34-11-9-33(3)10-12-34)6-7-21(23)31-28-30-15-24-27(32-28)26(25(16-35)38-24)20-13-18(29)5-8-22(20)36-4/h5-8,13-15,17,35H,9-12,16H2,1-4H3,(H,30,31,32). The van der Waals surface area contributed by atoms with Crippen LogP contribution in [-0.4, -0.2) is 66.4 Å². The minimum atomic E-state index is -0.396. The van der Waals surface area contributed by atoms with Gasteiger partial charge in [-0.3, -0.25) is 0 Å². The first kappa shape index (κ1) is 26.1. The maximum atomic E-state index is 14.2. The zero-order chi connectivity index (χ0) is 26.8. The molecule has 4 aromatic rings. The van der Waals surface area contributed by atoms with E-state index in [0.29, 0.717) is 39.0 Å². The molecule has 5 rings (SSSR count). The van der Waals surface area contributed by atoms with Gasteiger partial charge in [-0.1, -0.05) is 0 Å². The van der Waals surface area contributed by atoms with E-state index < -0.39 is 5.82 Å². The number of hydrogen-bond donors (Lipinski definition) is 2. The average Bonchev–Trinajstić information content (AvgIpc) is 3.27. The lowest BCUT2D eigenvalue weighted by Gasteiger charge is -2.34. The number of nitrogens with one attached hydrogen (secondary N) is 1. The zero-order valence-corrected chi connectivity index (χ0v) is 22.8. The molecule has 0 spiro atoms. The van der Waals surface area contributed by atoms with E-state index in [1.165, 1.54) is 30.6 Å². The topological polar surface area (TPSA) is 83.0 Å². The fraction of sp³-hybridized carbons (Fsp3) is 0.357. The van der Waals surface area contributed by atoms with E-state index in [4.69, 9.17) is 14.5 Å². The first-order valence-corrected chi connectivity index (χ1v) is 13.4. The minimum absolute atomic E-state index is 0.0160. The third-order valence-corrected chi connectivity index (χ3v) is 7.62. The van der Waals surface area contributed by atoms with Crippen LogP contribution in [0.3, 0.4) is 0 Å². The van der Waals surface area contributed by atoms with Gasteiger partial charge in [0.25, 0.3) is 0 Å². The second-order valence-corrected chi connectivity index (χ2v) is 10.7. The van der Waals surface area contributed by atoms with Crippen molar-refractivity contribution in [2.24, 2.45) is 0 Å². The molecule has 200 valence electrons. The molecule has 1 aliphatic rings. The molecule has 8 nitrogen and oxygen atoms in total. The lowest BCUT2D eigenvalue weighted by molar-refractivity contribution is 0.243. The Morgan fingerprint density at radius 3 is 2.61 bits per heavy atom. The predicted octanol–water partition coefficient (Wildman–Crippen LogP) is 5.28. The number of fused-ring (bicyclic) bond motifs is 1. The largest absolute Gasteiger partial charge is 0.496 e. The number of rotatable bonds is 8. The molecule has 3 heterocycles. The van der Waals surface area contributed by atoms with Crippen LogP contribution in [0.25, 0.3) is 21.3 Å². The number of methoxy groups -OCH3 is 1. The Morgan fingerprint density at radius 2 is 1.89 bits per heavy atom. The molecular weight excluding hydrogens is 505 g/mol. The van der Waals surface area contributed by atoms with Gasteiger partial charge in [0.05, 0.1) is 41.9 Å². The summed E-state index contributed by atoms with van der Waals surface area (Å²) < 4.78 is 26.7. The molecular formula is C28H32FN5O3S. The lowest BCUT2D eigenvalue weighted by Crippen LogP contribution is -2.44. The second kappa shape index (κ2) is 11.1. The monoisotopic (exact) mass is 537 g/mol. The number of piperazine rings is 1. The number of ether oxygens (including phenoxy) is 2. The van der Waals surface area contributed by atoms with Crippen LogP contribution >= 0.6 is 11.3 Å². The van der Waals surface area contributed by atoms with Crippen molar-refractivity contribution >= 4 is 38.9 Å². The van der Waals surface area contributed by atoms with Crippen molar-refractivity contribution in [3.05, 3.63) is 53.3 Å². The molecule has 1 fully saturated rings. The Hall–Kier alpha value is -3.47. The van der Waals surface area contributed by atoms with E-state index in [2.05, 4.69) is 39.3 Å². The van der Waals surface area contributed by atoms with Crippen LogP contribution in [0.1, 0.15) is 18.7 Å². The first-order valence-electron chi connectivity index (χ1n) is 12.6. The molecule has 2 aromatic carbocycles. The van der Waals surface area contributed by atoms with Gasteiger partial charge < -0.3 is 29.7 Å². The number of benzene rings is 2. The summed E-state index contributed by atoms with van der Waals surface area (Å²) in [6.07, 6.45) is 1.70. The Morgan fingerprint density at radius 1 is 1.11 bits per heavy atom. The molecule has 0 bridgehead atoms. The van der Waals surface area contributed by atoms with E-state index in [9.17, 15) is 9.50 Å². The molecule has 0 radical (unpaired) electrons. The Balaban J connectivity index is 1.53. The van der Waals surface area contributed by atoms with Gasteiger partial charge in [0, 0.05) is 53.9 Å². The van der Waals surface area contributed by atoms with Gasteiger partial charge >= 0.3 is 0 Å². The summed E-state index contributed by atoms with van der Waals surface area (Å²) in [5, 5.41) is 13.4. The number of aromatic nitrogens is 2. The molecule has 0 aliphatic carbocycles. The van der Waals surface area contributed by atoms with Crippen LogP contribution in [0.15, 0.2) is 42.6 Å². The molecule has 10 heteroatoms. The van der Waals surface area contributed by atoms with Crippen LogP contribution in [0, 0.1) is 5.82 Å². The lowest BCUT2D eigenvalue weighted by atomic mass is 10.0. The maximum Gasteiger partial charge on any atom is 0.227 e. The van der Waals surface area contributed by atoms with Gasteiger partial charge in [0.15, 0.2) is 0 Å². The highest BCUT2D eigenvalue weighted by atomic mass is 32.1. The third-order valence-electron chi connectivity index (χ3n) is 6.52. The van der Waals surface area contributed by atoms with Crippen LogP contribution in [0.5, 0.6) is 11.5 Å². The van der Waals surface area contributed by atoms with E-state index in [0.717, 1.165) is 42.3 Å². The van der Waals surface area contributed by atoms with Crippen LogP contribution in [-0.2, 0) is 6.61 Å².